The molecule has 142 valence electrons. The first-order chi connectivity index (χ1) is 12.9. The lowest BCUT2D eigenvalue weighted by molar-refractivity contribution is -0.117. The summed E-state index contributed by atoms with van der Waals surface area (Å²) in [5.41, 5.74) is 0.863. The van der Waals surface area contributed by atoms with Crippen LogP contribution >= 0.6 is 0 Å². The van der Waals surface area contributed by atoms with E-state index in [4.69, 9.17) is 0 Å². The number of hydrogen-bond acceptors (Lipinski definition) is 5. The van der Waals surface area contributed by atoms with Crippen molar-refractivity contribution in [2.75, 3.05) is 24.5 Å². The molecule has 2 fully saturated rings. The Morgan fingerprint density at radius 3 is 2.67 bits per heavy atom. The fourth-order valence-electron chi connectivity index (χ4n) is 3.45. The molecule has 0 atom stereocenters. The Morgan fingerprint density at radius 1 is 1.22 bits per heavy atom. The standard InChI is InChI=1S/C18H22N6O3/c1-12(2)24-17(26)6-5-15(20-24)18(27)21-9-14(10-21)23-11-13(8-19-23)22-7-3-4-16(22)25/h5-6,8,11-12,14H,3-4,7,9-10H2,1-2H3. The second-order valence-electron chi connectivity index (χ2n) is 7.29. The first-order valence-electron chi connectivity index (χ1n) is 9.17. The van der Waals surface area contributed by atoms with Gasteiger partial charge in [0.15, 0.2) is 0 Å². The monoisotopic (exact) mass is 370 g/mol. The number of amides is 2. The molecule has 0 saturated carbocycles. The van der Waals surface area contributed by atoms with Crippen LogP contribution < -0.4 is 10.5 Å². The normalized spacial score (nSPS) is 17.7. The number of hydrogen-bond donors (Lipinski definition) is 0. The van der Waals surface area contributed by atoms with Gasteiger partial charge in [0.05, 0.1) is 24.0 Å². The summed E-state index contributed by atoms with van der Waals surface area (Å²) >= 11 is 0. The van der Waals surface area contributed by atoms with Crippen LogP contribution in [0.1, 0.15) is 49.3 Å². The highest BCUT2D eigenvalue weighted by molar-refractivity contribution is 5.95. The van der Waals surface area contributed by atoms with E-state index in [2.05, 4.69) is 10.2 Å². The van der Waals surface area contributed by atoms with Crippen LogP contribution in [0.25, 0.3) is 0 Å². The molecule has 0 spiro atoms. The summed E-state index contributed by atoms with van der Waals surface area (Å²) in [6.45, 7) is 5.48. The minimum atomic E-state index is -0.219. The number of carbonyl (C=O) groups is 2. The van der Waals surface area contributed by atoms with Crippen LogP contribution in [0.15, 0.2) is 29.3 Å². The maximum absolute atomic E-state index is 12.6. The van der Waals surface area contributed by atoms with Crippen LogP contribution in [0.3, 0.4) is 0 Å². The van der Waals surface area contributed by atoms with E-state index in [0.717, 1.165) is 18.7 Å². The molecule has 0 aromatic carbocycles. The number of likely N-dealkylation sites (tertiary alicyclic amines) is 1. The smallest absolute Gasteiger partial charge is 0.274 e. The Kier molecular flexibility index (Phi) is 4.29. The number of anilines is 1. The molecular weight excluding hydrogens is 348 g/mol. The summed E-state index contributed by atoms with van der Waals surface area (Å²) < 4.78 is 3.13. The summed E-state index contributed by atoms with van der Waals surface area (Å²) in [6.07, 6.45) is 5.03. The van der Waals surface area contributed by atoms with Crippen molar-refractivity contribution in [3.8, 4) is 0 Å². The van der Waals surface area contributed by atoms with Crippen molar-refractivity contribution in [1.82, 2.24) is 24.5 Å². The van der Waals surface area contributed by atoms with E-state index in [1.54, 1.807) is 16.0 Å². The lowest BCUT2D eigenvalue weighted by Crippen LogP contribution is -2.51. The Hall–Kier alpha value is -2.97. The van der Waals surface area contributed by atoms with E-state index < -0.39 is 0 Å². The van der Waals surface area contributed by atoms with Crippen molar-refractivity contribution < 1.29 is 9.59 Å². The van der Waals surface area contributed by atoms with Crippen molar-refractivity contribution in [3.05, 3.63) is 40.6 Å². The molecule has 2 amide bonds. The highest BCUT2D eigenvalue weighted by Crippen LogP contribution is 2.26. The first kappa shape index (κ1) is 17.4. The van der Waals surface area contributed by atoms with Gasteiger partial charge >= 0.3 is 0 Å². The van der Waals surface area contributed by atoms with Crippen molar-refractivity contribution in [2.24, 2.45) is 0 Å². The minimum Gasteiger partial charge on any atom is -0.333 e. The highest BCUT2D eigenvalue weighted by Gasteiger charge is 2.34. The van der Waals surface area contributed by atoms with Gasteiger partial charge in [-0.2, -0.15) is 10.2 Å². The van der Waals surface area contributed by atoms with E-state index >= 15 is 0 Å². The van der Waals surface area contributed by atoms with Crippen molar-refractivity contribution >= 4 is 17.5 Å². The van der Waals surface area contributed by atoms with E-state index in [1.807, 2.05) is 24.7 Å². The van der Waals surface area contributed by atoms with E-state index in [0.29, 0.717) is 19.5 Å². The Bertz CT molecular complexity index is 941. The lowest BCUT2D eigenvalue weighted by Gasteiger charge is -2.38. The first-order valence-corrected chi connectivity index (χ1v) is 9.17. The zero-order valence-corrected chi connectivity index (χ0v) is 15.4. The molecule has 2 aromatic heterocycles. The summed E-state index contributed by atoms with van der Waals surface area (Å²) in [7, 11) is 0. The second-order valence-corrected chi connectivity index (χ2v) is 7.29. The predicted octanol–water partition coefficient (Wildman–Crippen LogP) is 0.845. The molecular formula is C18H22N6O3. The van der Waals surface area contributed by atoms with Gasteiger partial charge in [0.2, 0.25) is 5.91 Å². The van der Waals surface area contributed by atoms with Gasteiger partial charge in [-0.1, -0.05) is 0 Å². The van der Waals surface area contributed by atoms with Gasteiger partial charge in [-0.25, -0.2) is 4.68 Å². The molecule has 2 aliphatic rings. The summed E-state index contributed by atoms with van der Waals surface area (Å²) in [4.78, 5) is 39.7. The molecule has 2 saturated heterocycles. The Labute approximate surface area is 156 Å². The third kappa shape index (κ3) is 3.13. The molecule has 0 radical (unpaired) electrons. The summed E-state index contributed by atoms with van der Waals surface area (Å²) in [6, 6.07) is 2.83. The number of rotatable bonds is 4. The van der Waals surface area contributed by atoms with Crippen molar-refractivity contribution in [1.29, 1.82) is 0 Å². The summed E-state index contributed by atoms with van der Waals surface area (Å²) in [5.74, 6) is -0.0611. The average Bonchev–Trinajstić information content (AvgIpc) is 3.22. The van der Waals surface area contributed by atoms with E-state index in [-0.39, 0.29) is 35.2 Å². The van der Waals surface area contributed by atoms with Crippen LogP contribution in [0.4, 0.5) is 5.69 Å². The maximum Gasteiger partial charge on any atom is 0.274 e. The molecule has 2 aliphatic heterocycles. The van der Waals surface area contributed by atoms with Crippen LogP contribution in [0.5, 0.6) is 0 Å². The maximum atomic E-state index is 12.6. The molecule has 2 aromatic rings. The molecule has 0 unspecified atom stereocenters. The third-order valence-corrected chi connectivity index (χ3v) is 5.03. The van der Waals surface area contributed by atoms with Crippen LogP contribution in [0.2, 0.25) is 0 Å². The summed E-state index contributed by atoms with van der Waals surface area (Å²) in [5, 5.41) is 8.54. The van der Waals surface area contributed by atoms with Crippen LogP contribution in [0, 0.1) is 0 Å². The Morgan fingerprint density at radius 2 is 2.00 bits per heavy atom. The minimum absolute atomic E-state index is 0.0800. The third-order valence-electron chi connectivity index (χ3n) is 5.03. The quantitative estimate of drug-likeness (QED) is 0.795. The van der Waals surface area contributed by atoms with E-state index in [1.165, 1.54) is 16.8 Å². The number of carbonyl (C=O) groups excluding carboxylic acids is 2. The van der Waals surface area contributed by atoms with E-state index in [9.17, 15) is 14.4 Å². The molecule has 0 N–H and O–H groups in total. The zero-order chi connectivity index (χ0) is 19.1. The second kappa shape index (κ2) is 6.64. The van der Waals surface area contributed by atoms with Gasteiger partial charge < -0.3 is 9.80 Å². The van der Waals surface area contributed by atoms with Gasteiger partial charge in [-0.3, -0.25) is 19.1 Å². The number of aromatic nitrogens is 4. The van der Waals surface area contributed by atoms with Gasteiger partial charge in [-0.05, 0) is 26.3 Å². The zero-order valence-electron chi connectivity index (χ0n) is 15.4. The predicted molar refractivity (Wildman–Crippen MR) is 97.6 cm³/mol. The molecule has 9 heteroatoms. The molecule has 4 heterocycles. The lowest BCUT2D eigenvalue weighted by atomic mass is 10.1. The van der Waals surface area contributed by atoms with Crippen LogP contribution in [-0.2, 0) is 4.79 Å². The Balaban J connectivity index is 1.42. The molecule has 4 rings (SSSR count). The van der Waals surface area contributed by atoms with Gasteiger partial charge in [0.1, 0.15) is 5.69 Å². The van der Waals surface area contributed by atoms with Gasteiger partial charge in [0.25, 0.3) is 11.5 Å². The highest BCUT2D eigenvalue weighted by atomic mass is 16.2. The SMILES string of the molecule is CC(C)n1nc(C(=O)N2CC(n3cc(N4CCCC4=O)cn3)C2)ccc1=O. The van der Waals surface area contributed by atoms with Crippen LogP contribution in [-0.4, -0.2) is 55.9 Å². The largest absolute Gasteiger partial charge is 0.333 e. The fourth-order valence-corrected chi connectivity index (χ4v) is 3.45. The molecule has 27 heavy (non-hydrogen) atoms. The molecule has 9 nitrogen and oxygen atoms in total. The average molecular weight is 370 g/mol. The topological polar surface area (TPSA) is 93.3 Å². The van der Waals surface area contributed by atoms with Crippen molar-refractivity contribution in [3.63, 3.8) is 0 Å². The fraction of sp³-hybridized carbons (Fsp3) is 0.500. The molecule has 0 bridgehead atoms. The molecule has 0 aliphatic carbocycles. The van der Waals surface area contributed by atoms with Gasteiger partial charge in [-0.15, -0.1) is 0 Å². The number of nitrogens with zero attached hydrogens (tertiary/aromatic N) is 6. The van der Waals surface area contributed by atoms with Gasteiger partial charge in [0, 0.05) is 38.3 Å². The van der Waals surface area contributed by atoms with Crippen molar-refractivity contribution in [2.45, 2.75) is 38.8 Å².